The van der Waals surface area contributed by atoms with Gasteiger partial charge in [0.15, 0.2) is 0 Å². The van der Waals surface area contributed by atoms with Crippen molar-refractivity contribution in [1.29, 1.82) is 5.26 Å². The summed E-state index contributed by atoms with van der Waals surface area (Å²) in [6.07, 6.45) is 0. The standard InChI is InChI=1S/C8H4BrF2N.C2H6.H2S2/c9-3-5-1-8(11)6(4-12)2-7(5)10;2*1-2/h1-2H,3H2;1-2H3;1-2H. The van der Waals surface area contributed by atoms with E-state index in [1.807, 2.05) is 13.8 Å². The number of alkyl halides is 1. The van der Waals surface area contributed by atoms with Crippen molar-refractivity contribution in [3.8, 4) is 6.07 Å². The molecule has 0 heterocycles. The number of benzene rings is 1. The molecule has 0 atom stereocenters. The van der Waals surface area contributed by atoms with Crippen molar-refractivity contribution in [3.63, 3.8) is 0 Å². The lowest BCUT2D eigenvalue weighted by Crippen LogP contribution is -1.92. The van der Waals surface area contributed by atoms with Crippen LogP contribution in [0.1, 0.15) is 25.0 Å². The van der Waals surface area contributed by atoms with Gasteiger partial charge in [-0.05, 0) is 12.1 Å². The second-order valence-corrected chi connectivity index (χ2v) is 2.73. The molecule has 0 radical (unpaired) electrons. The maximum atomic E-state index is 12.9. The molecule has 0 bridgehead atoms. The Morgan fingerprint density at radius 1 is 1.25 bits per heavy atom. The third-order valence-corrected chi connectivity index (χ3v) is 2.00. The van der Waals surface area contributed by atoms with Gasteiger partial charge in [-0.3, -0.25) is 0 Å². The van der Waals surface area contributed by atoms with Crippen molar-refractivity contribution >= 4 is 39.3 Å². The summed E-state index contributed by atoms with van der Waals surface area (Å²) in [7, 11) is 0. The van der Waals surface area contributed by atoms with E-state index in [2.05, 4.69) is 39.3 Å². The maximum Gasteiger partial charge on any atom is 0.141 e. The van der Waals surface area contributed by atoms with Crippen LogP contribution in [0.2, 0.25) is 0 Å². The molecule has 6 heteroatoms. The first-order valence-electron chi connectivity index (χ1n) is 4.33. The second-order valence-electron chi connectivity index (χ2n) is 2.17. The van der Waals surface area contributed by atoms with E-state index in [4.69, 9.17) is 5.26 Å². The molecule has 1 aromatic carbocycles. The molecule has 16 heavy (non-hydrogen) atoms. The zero-order valence-corrected chi connectivity index (χ0v) is 12.2. The van der Waals surface area contributed by atoms with Crippen LogP contribution in [-0.4, -0.2) is 0 Å². The van der Waals surface area contributed by atoms with Crippen LogP contribution in [0.3, 0.4) is 0 Å². The van der Waals surface area contributed by atoms with E-state index >= 15 is 0 Å². The fourth-order valence-corrected chi connectivity index (χ4v) is 1.21. The summed E-state index contributed by atoms with van der Waals surface area (Å²) in [5.74, 6) is -1.25. The van der Waals surface area contributed by atoms with Crippen LogP contribution in [0.5, 0.6) is 0 Å². The Labute approximate surface area is 113 Å². The van der Waals surface area contributed by atoms with E-state index in [9.17, 15) is 8.78 Å². The minimum Gasteiger partial charge on any atom is -0.207 e. The zero-order chi connectivity index (χ0) is 13.1. The summed E-state index contributed by atoms with van der Waals surface area (Å²) >= 11 is 9.44. The summed E-state index contributed by atoms with van der Waals surface area (Å²) in [4.78, 5) is 0. The zero-order valence-electron chi connectivity index (χ0n) is 8.84. The van der Waals surface area contributed by atoms with Crippen molar-refractivity contribution < 1.29 is 8.78 Å². The Bertz CT molecular complexity index is 353. The number of nitrogens with zero attached hydrogens (tertiary/aromatic N) is 1. The van der Waals surface area contributed by atoms with Gasteiger partial charge in [-0.15, -0.1) is 23.3 Å². The molecule has 0 N–H and O–H groups in total. The molecule has 90 valence electrons. The van der Waals surface area contributed by atoms with Gasteiger partial charge in [-0.2, -0.15) is 5.26 Å². The van der Waals surface area contributed by atoms with E-state index in [1.54, 1.807) is 6.07 Å². The van der Waals surface area contributed by atoms with Gasteiger partial charge in [0.25, 0.3) is 0 Å². The average Bonchev–Trinajstić information content (AvgIpc) is 2.36. The van der Waals surface area contributed by atoms with Crippen LogP contribution in [0.25, 0.3) is 0 Å². The number of hydrogen-bond donors (Lipinski definition) is 2. The predicted molar refractivity (Wildman–Crippen MR) is 73.0 cm³/mol. The molecule has 0 aromatic heterocycles. The first-order valence-corrected chi connectivity index (χ1v) is 7.05. The molecule has 0 aliphatic heterocycles. The fourth-order valence-electron chi connectivity index (χ4n) is 0.776. The van der Waals surface area contributed by atoms with Crippen LogP contribution in [0.15, 0.2) is 12.1 Å². The molecule has 1 nitrogen and oxygen atoms in total. The predicted octanol–water partition coefficient (Wildman–Crippen LogP) is 4.52. The fraction of sp³-hybridized carbons (Fsp3) is 0.300. The normalized spacial score (nSPS) is 7.88. The number of thiol groups is 2. The van der Waals surface area contributed by atoms with Crippen molar-refractivity contribution in [2.45, 2.75) is 19.2 Å². The molecular weight excluding hydrogens is 316 g/mol. The van der Waals surface area contributed by atoms with Crippen LogP contribution in [-0.2, 0) is 5.33 Å². The Kier molecular flexibility index (Phi) is 12.7. The molecule has 1 aromatic rings. The number of halogens is 3. The molecule has 0 saturated heterocycles. The Hall–Kier alpha value is -0.250. The highest BCUT2D eigenvalue weighted by atomic mass is 79.9. The summed E-state index contributed by atoms with van der Waals surface area (Å²) in [6, 6.07) is 3.47. The third-order valence-electron chi connectivity index (χ3n) is 1.40. The second kappa shape index (κ2) is 11.2. The molecule has 0 aliphatic rings. The van der Waals surface area contributed by atoms with Crippen molar-refractivity contribution in [1.82, 2.24) is 0 Å². The molecular formula is C10H12BrF2NS2. The van der Waals surface area contributed by atoms with Gasteiger partial charge in [0.2, 0.25) is 0 Å². The van der Waals surface area contributed by atoms with Gasteiger partial charge in [-0.1, -0.05) is 29.8 Å². The number of nitriles is 1. The summed E-state index contributed by atoms with van der Waals surface area (Å²) in [6.45, 7) is 4.00. The molecule has 0 fully saturated rings. The first kappa shape index (κ1) is 18.1. The highest BCUT2D eigenvalue weighted by Crippen LogP contribution is 2.16. The van der Waals surface area contributed by atoms with Crippen molar-refractivity contribution in [3.05, 3.63) is 34.9 Å². The van der Waals surface area contributed by atoms with E-state index in [0.717, 1.165) is 12.1 Å². The largest absolute Gasteiger partial charge is 0.207 e. The third kappa shape index (κ3) is 5.73. The molecule has 0 unspecified atom stereocenters. The lowest BCUT2D eigenvalue weighted by Gasteiger charge is -1.99. The molecule has 0 amide bonds. The first-order chi connectivity index (χ1) is 7.69. The minimum atomic E-state index is -0.687. The topological polar surface area (TPSA) is 23.8 Å². The maximum absolute atomic E-state index is 12.9. The monoisotopic (exact) mass is 327 g/mol. The lowest BCUT2D eigenvalue weighted by atomic mass is 10.1. The molecule has 0 saturated carbocycles. The SMILES string of the molecule is CC.N#Cc1cc(F)c(CBr)cc1F.SS. The van der Waals surface area contributed by atoms with Gasteiger partial charge >= 0.3 is 0 Å². The molecule has 0 spiro atoms. The molecule has 1 rings (SSSR count). The minimum absolute atomic E-state index is 0.214. The van der Waals surface area contributed by atoms with Crippen LogP contribution < -0.4 is 0 Å². The summed E-state index contributed by atoms with van der Waals surface area (Å²) in [5, 5.41) is 8.58. The van der Waals surface area contributed by atoms with Crippen molar-refractivity contribution in [2.75, 3.05) is 0 Å². The Morgan fingerprint density at radius 3 is 2.12 bits per heavy atom. The Balaban J connectivity index is 0. The van der Waals surface area contributed by atoms with Gasteiger partial charge in [0.05, 0.1) is 5.56 Å². The van der Waals surface area contributed by atoms with Crippen molar-refractivity contribution in [2.24, 2.45) is 0 Å². The average molecular weight is 328 g/mol. The number of hydrogen-bond acceptors (Lipinski definition) is 3. The lowest BCUT2D eigenvalue weighted by molar-refractivity contribution is 0.588. The highest BCUT2D eigenvalue weighted by molar-refractivity contribution is 9.08. The van der Waals surface area contributed by atoms with Gasteiger partial charge < -0.3 is 0 Å². The highest BCUT2D eigenvalue weighted by Gasteiger charge is 2.07. The smallest absolute Gasteiger partial charge is 0.141 e. The van der Waals surface area contributed by atoms with Gasteiger partial charge in [0.1, 0.15) is 17.7 Å². The van der Waals surface area contributed by atoms with Crippen LogP contribution in [0.4, 0.5) is 8.78 Å². The molecule has 0 aliphatic carbocycles. The van der Waals surface area contributed by atoms with E-state index in [1.165, 1.54) is 0 Å². The van der Waals surface area contributed by atoms with E-state index in [0.29, 0.717) is 0 Å². The summed E-state index contributed by atoms with van der Waals surface area (Å²) in [5.41, 5.74) is -0.0521. The van der Waals surface area contributed by atoms with Crippen LogP contribution >= 0.6 is 39.3 Å². The van der Waals surface area contributed by atoms with Gasteiger partial charge in [-0.25, -0.2) is 8.78 Å². The Morgan fingerprint density at radius 2 is 1.75 bits per heavy atom. The van der Waals surface area contributed by atoms with Gasteiger partial charge in [0, 0.05) is 10.9 Å². The van der Waals surface area contributed by atoms with Crippen LogP contribution in [0, 0.1) is 23.0 Å². The quantitative estimate of drug-likeness (QED) is 0.442. The number of rotatable bonds is 1. The summed E-state index contributed by atoms with van der Waals surface area (Å²) < 4.78 is 25.7. The van der Waals surface area contributed by atoms with E-state index in [-0.39, 0.29) is 16.5 Å². The van der Waals surface area contributed by atoms with E-state index < -0.39 is 11.6 Å².